The van der Waals surface area contributed by atoms with E-state index in [9.17, 15) is 9.90 Å². The molecule has 0 saturated carbocycles. The second kappa shape index (κ2) is 5.84. The summed E-state index contributed by atoms with van der Waals surface area (Å²) in [4.78, 5) is 11.6. The summed E-state index contributed by atoms with van der Waals surface area (Å²) in [7, 11) is 0. The highest BCUT2D eigenvalue weighted by molar-refractivity contribution is 8.07. The maximum absolute atomic E-state index is 11.6. The van der Waals surface area contributed by atoms with Crippen LogP contribution in [0, 0.1) is 0 Å². The van der Waals surface area contributed by atoms with Crippen molar-refractivity contribution in [3.8, 4) is 0 Å². The number of aromatic carboxylic acids is 1. The van der Waals surface area contributed by atoms with Gasteiger partial charge in [-0.1, -0.05) is 78.9 Å². The Bertz CT molecular complexity index is 835. The van der Waals surface area contributed by atoms with Crippen LogP contribution in [-0.4, -0.2) is 11.1 Å². The van der Waals surface area contributed by atoms with Crippen molar-refractivity contribution in [1.29, 1.82) is 0 Å². The summed E-state index contributed by atoms with van der Waals surface area (Å²) in [5, 5.41) is 9.65. The van der Waals surface area contributed by atoms with E-state index in [0.29, 0.717) is 5.56 Å². The molecule has 1 aliphatic rings. The second-order valence-corrected chi connectivity index (χ2v) is 7.21. The van der Waals surface area contributed by atoms with Crippen molar-refractivity contribution in [1.82, 2.24) is 0 Å². The van der Waals surface area contributed by atoms with Gasteiger partial charge in [0.15, 0.2) is 0 Å². The molecule has 1 fully saturated rings. The van der Waals surface area contributed by atoms with Crippen LogP contribution < -0.4 is 0 Å². The van der Waals surface area contributed by atoms with Crippen LogP contribution in [0.1, 0.15) is 32.3 Å². The lowest BCUT2D eigenvalue weighted by atomic mass is 9.85. The molecule has 0 radical (unpaired) electrons. The zero-order valence-corrected chi connectivity index (χ0v) is 13.7. The average Bonchev–Trinajstić information content (AvgIpc) is 3.40. The molecule has 0 amide bonds. The fraction of sp³-hybridized carbons (Fsp3) is 0.0952. The van der Waals surface area contributed by atoms with Crippen molar-refractivity contribution < 1.29 is 9.90 Å². The summed E-state index contributed by atoms with van der Waals surface area (Å²) in [5.41, 5.74) is 3.71. The molecule has 0 aromatic heterocycles. The third-order valence-electron chi connectivity index (χ3n) is 4.49. The standard InChI is InChI=1S/C21H16O2S/c22-20(23)18-14-8-7-13-17(18)19-21(24-19,15-9-3-1-4-10-15)16-11-5-2-6-12-16/h1-14,19H,(H,22,23). The fourth-order valence-electron chi connectivity index (χ4n) is 3.33. The second-order valence-electron chi connectivity index (χ2n) is 5.86. The lowest BCUT2D eigenvalue weighted by Gasteiger charge is -2.17. The number of benzene rings is 3. The predicted molar refractivity (Wildman–Crippen MR) is 97.4 cm³/mol. The van der Waals surface area contributed by atoms with Crippen molar-refractivity contribution in [2.45, 2.75) is 10.00 Å². The molecule has 3 heteroatoms. The van der Waals surface area contributed by atoms with E-state index in [-0.39, 0.29) is 10.00 Å². The fourth-order valence-corrected chi connectivity index (χ4v) is 4.91. The molecule has 1 heterocycles. The first-order valence-electron chi connectivity index (χ1n) is 7.84. The molecule has 1 N–H and O–H groups in total. The average molecular weight is 332 g/mol. The zero-order chi connectivity index (χ0) is 16.6. The molecule has 0 bridgehead atoms. The van der Waals surface area contributed by atoms with Gasteiger partial charge >= 0.3 is 5.97 Å². The van der Waals surface area contributed by atoms with E-state index in [4.69, 9.17) is 0 Å². The van der Waals surface area contributed by atoms with Gasteiger partial charge in [0.2, 0.25) is 0 Å². The van der Waals surface area contributed by atoms with Gasteiger partial charge in [0.1, 0.15) is 0 Å². The Morgan fingerprint density at radius 3 is 1.83 bits per heavy atom. The largest absolute Gasteiger partial charge is 0.478 e. The van der Waals surface area contributed by atoms with E-state index in [1.807, 2.05) is 60.3 Å². The SMILES string of the molecule is O=C(O)c1ccccc1C1SC1(c1ccccc1)c1ccccc1. The van der Waals surface area contributed by atoms with Crippen LogP contribution in [-0.2, 0) is 4.75 Å². The molecule has 1 atom stereocenters. The van der Waals surface area contributed by atoms with Crippen molar-refractivity contribution in [2.75, 3.05) is 0 Å². The van der Waals surface area contributed by atoms with Gasteiger partial charge in [0, 0.05) is 0 Å². The van der Waals surface area contributed by atoms with Crippen LogP contribution in [0.3, 0.4) is 0 Å². The lowest BCUT2D eigenvalue weighted by molar-refractivity contribution is 0.0695. The van der Waals surface area contributed by atoms with Crippen molar-refractivity contribution in [3.63, 3.8) is 0 Å². The summed E-state index contributed by atoms with van der Waals surface area (Å²) in [6, 6.07) is 28.0. The Morgan fingerprint density at radius 1 is 0.792 bits per heavy atom. The minimum Gasteiger partial charge on any atom is -0.478 e. The topological polar surface area (TPSA) is 37.3 Å². The highest BCUT2D eigenvalue weighted by Gasteiger charge is 2.59. The first-order valence-corrected chi connectivity index (χ1v) is 8.72. The number of carboxylic acids is 1. The minimum atomic E-state index is -0.867. The molecule has 4 rings (SSSR count). The highest BCUT2D eigenvalue weighted by atomic mass is 32.2. The van der Waals surface area contributed by atoms with Gasteiger partial charge < -0.3 is 5.11 Å². The Hall–Kier alpha value is -2.52. The lowest BCUT2D eigenvalue weighted by Crippen LogP contribution is -2.13. The van der Waals surface area contributed by atoms with E-state index in [0.717, 1.165) is 5.56 Å². The number of hydrogen-bond donors (Lipinski definition) is 1. The number of carboxylic acid groups (broad SMARTS) is 1. The molecule has 3 aromatic rings. The number of carbonyl (C=O) groups is 1. The van der Waals surface area contributed by atoms with E-state index in [1.54, 1.807) is 12.1 Å². The van der Waals surface area contributed by atoms with Crippen LogP contribution in [0.4, 0.5) is 0 Å². The molecule has 2 nitrogen and oxygen atoms in total. The molecule has 1 aliphatic heterocycles. The summed E-state index contributed by atoms with van der Waals surface area (Å²) in [6.07, 6.45) is 0. The van der Waals surface area contributed by atoms with Gasteiger partial charge in [0.25, 0.3) is 0 Å². The van der Waals surface area contributed by atoms with Crippen molar-refractivity contribution >= 4 is 17.7 Å². The molecular weight excluding hydrogens is 316 g/mol. The van der Waals surface area contributed by atoms with E-state index < -0.39 is 5.97 Å². The van der Waals surface area contributed by atoms with E-state index >= 15 is 0 Å². The summed E-state index contributed by atoms with van der Waals surface area (Å²) < 4.78 is -0.214. The van der Waals surface area contributed by atoms with Crippen LogP contribution in [0.25, 0.3) is 0 Å². The molecule has 24 heavy (non-hydrogen) atoms. The number of hydrogen-bond acceptors (Lipinski definition) is 2. The normalized spacial score (nSPS) is 18.1. The van der Waals surface area contributed by atoms with Gasteiger partial charge in [-0.3, -0.25) is 0 Å². The number of thioether (sulfide) groups is 1. The first kappa shape index (κ1) is 15.0. The predicted octanol–water partition coefficient (Wildman–Crippen LogP) is 5.12. The summed E-state index contributed by atoms with van der Waals surface area (Å²) in [6.45, 7) is 0. The van der Waals surface area contributed by atoms with Crippen LogP contribution >= 0.6 is 11.8 Å². The Morgan fingerprint density at radius 2 is 1.29 bits per heavy atom. The van der Waals surface area contributed by atoms with Gasteiger partial charge in [-0.05, 0) is 22.8 Å². The van der Waals surface area contributed by atoms with E-state index in [1.165, 1.54) is 11.1 Å². The molecule has 118 valence electrons. The molecule has 0 spiro atoms. The molecule has 0 aliphatic carbocycles. The maximum Gasteiger partial charge on any atom is 0.336 e. The first-order chi connectivity index (χ1) is 11.7. The summed E-state index contributed by atoms with van der Waals surface area (Å²) >= 11 is 1.81. The van der Waals surface area contributed by atoms with Crippen LogP contribution in [0.15, 0.2) is 84.9 Å². The summed E-state index contributed by atoms with van der Waals surface area (Å²) in [5.74, 6) is -0.867. The van der Waals surface area contributed by atoms with Crippen molar-refractivity contribution in [2.24, 2.45) is 0 Å². The third kappa shape index (κ3) is 2.33. The molecule has 1 saturated heterocycles. The molecular formula is C21H16O2S. The molecule has 3 aromatic carbocycles. The van der Waals surface area contributed by atoms with E-state index in [2.05, 4.69) is 24.3 Å². The van der Waals surface area contributed by atoms with Crippen molar-refractivity contribution in [3.05, 3.63) is 107 Å². The van der Waals surface area contributed by atoms with Gasteiger partial charge in [-0.15, -0.1) is 11.8 Å². The minimum absolute atomic E-state index is 0.106. The monoisotopic (exact) mass is 332 g/mol. The maximum atomic E-state index is 11.6. The van der Waals surface area contributed by atoms with Gasteiger partial charge in [-0.25, -0.2) is 4.79 Å². The Balaban J connectivity index is 1.86. The number of rotatable bonds is 4. The van der Waals surface area contributed by atoms with Gasteiger partial charge in [-0.2, -0.15) is 0 Å². The Kier molecular flexibility index (Phi) is 3.66. The molecule has 1 unspecified atom stereocenters. The smallest absolute Gasteiger partial charge is 0.336 e. The zero-order valence-electron chi connectivity index (χ0n) is 12.9. The van der Waals surface area contributed by atoms with Crippen LogP contribution in [0.2, 0.25) is 0 Å². The Labute approximate surface area is 145 Å². The van der Waals surface area contributed by atoms with Gasteiger partial charge in [0.05, 0.1) is 15.6 Å². The van der Waals surface area contributed by atoms with Crippen LogP contribution in [0.5, 0.6) is 0 Å². The quantitative estimate of drug-likeness (QED) is 0.674. The highest BCUT2D eigenvalue weighted by Crippen LogP contribution is 2.74. The third-order valence-corrected chi connectivity index (χ3v) is 6.16.